The van der Waals surface area contributed by atoms with Crippen molar-refractivity contribution in [2.45, 2.75) is 76.7 Å². The molecule has 3 aliphatic rings. The van der Waals surface area contributed by atoms with Crippen LogP contribution in [0.4, 0.5) is 0 Å². The number of hydrogen-bond donors (Lipinski definition) is 3. The van der Waals surface area contributed by atoms with E-state index in [0.29, 0.717) is 25.8 Å². The second-order valence-electron chi connectivity index (χ2n) is 10.0. The number of hydrogen-bond acceptors (Lipinski definition) is 5. The Morgan fingerprint density at radius 2 is 1.93 bits per heavy atom. The molecule has 3 aliphatic heterocycles. The molecule has 3 heterocycles. The maximum absolute atomic E-state index is 13.5. The molecule has 3 amide bonds. The highest BCUT2D eigenvalue weighted by Gasteiger charge is 2.79. The fourth-order valence-corrected chi connectivity index (χ4v) is 5.67. The highest BCUT2D eigenvalue weighted by Crippen LogP contribution is 2.65. The molecule has 29 heavy (non-hydrogen) atoms. The maximum Gasteiger partial charge on any atom is 0.246 e. The van der Waals surface area contributed by atoms with Crippen molar-refractivity contribution in [2.75, 3.05) is 20.2 Å². The van der Waals surface area contributed by atoms with Crippen molar-refractivity contribution in [3.8, 4) is 0 Å². The Balaban J connectivity index is 2.05. The van der Waals surface area contributed by atoms with Crippen molar-refractivity contribution < 1.29 is 24.2 Å². The van der Waals surface area contributed by atoms with Crippen LogP contribution in [0.3, 0.4) is 0 Å². The molecular formula is C21H35N3O5. The van der Waals surface area contributed by atoms with Crippen molar-refractivity contribution in [1.29, 1.82) is 0 Å². The lowest BCUT2D eigenvalue weighted by Crippen LogP contribution is -2.58. The first kappa shape index (κ1) is 22.0. The molecule has 3 saturated heterocycles. The molecule has 3 rings (SSSR count). The van der Waals surface area contributed by atoms with Gasteiger partial charge in [-0.25, -0.2) is 0 Å². The summed E-state index contributed by atoms with van der Waals surface area (Å²) in [6, 6.07) is -0.781. The summed E-state index contributed by atoms with van der Waals surface area (Å²) < 4.78 is 6.54. The van der Waals surface area contributed by atoms with Gasteiger partial charge in [0, 0.05) is 25.7 Å². The summed E-state index contributed by atoms with van der Waals surface area (Å²) >= 11 is 0. The van der Waals surface area contributed by atoms with Gasteiger partial charge in [-0.2, -0.15) is 0 Å². The predicted molar refractivity (Wildman–Crippen MR) is 107 cm³/mol. The van der Waals surface area contributed by atoms with Gasteiger partial charge in [0.1, 0.15) is 11.6 Å². The molecule has 164 valence electrons. The van der Waals surface area contributed by atoms with Gasteiger partial charge in [0.15, 0.2) is 0 Å². The fourth-order valence-electron chi connectivity index (χ4n) is 5.67. The van der Waals surface area contributed by atoms with Crippen molar-refractivity contribution in [3.63, 3.8) is 0 Å². The van der Waals surface area contributed by atoms with Crippen LogP contribution in [0.25, 0.3) is 0 Å². The van der Waals surface area contributed by atoms with Crippen LogP contribution in [0, 0.1) is 17.8 Å². The van der Waals surface area contributed by atoms with E-state index in [-0.39, 0.29) is 30.2 Å². The average Bonchev–Trinajstić information content (AvgIpc) is 3.11. The molecule has 0 saturated carbocycles. The van der Waals surface area contributed by atoms with Crippen LogP contribution in [0.5, 0.6) is 0 Å². The van der Waals surface area contributed by atoms with E-state index in [0.717, 1.165) is 0 Å². The van der Waals surface area contributed by atoms with Gasteiger partial charge in [0.05, 0.1) is 17.4 Å². The number of unbranched alkanes of at least 4 members (excludes halogenated alkanes) is 1. The van der Waals surface area contributed by atoms with Crippen LogP contribution >= 0.6 is 0 Å². The lowest BCUT2D eigenvalue weighted by atomic mass is 9.62. The number of nitrogens with zero attached hydrogens (tertiary/aromatic N) is 1. The molecule has 0 aromatic rings. The molecule has 6 atom stereocenters. The van der Waals surface area contributed by atoms with Crippen molar-refractivity contribution in [3.05, 3.63) is 0 Å². The number of rotatable bonds is 6. The minimum absolute atomic E-state index is 0.0297. The molecule has 3 fully saturated rings. The summed E-state index contributed by atoms with van der Waals surface area (Å²) in [6.45, 7) is 10.0. The monoisotopic (exact) mass is 409 g/mol. The van der Waals surface area contributed by atoms with Crippen LogP contribution in [-0.4, -0.2) is 70.7 Å². The zero-order valence-corrected chi connectivity index (χ0v) is 18.4. The van der Waals surface area contributed by atoms with E-state index in [1.54, 1.807) is 11.9 Å². The van der Waals surface area contributed by atoms with Crippen LogP contribution in [-0.2, 0) is 19.1 Å². The molecular weight excluding hydrogens is 374 g/mol. The Hall–Kier alpha value is -1.67. The van der Waals surface area contributed by atoms with Gasteiger partial charge in [-0.05, 0) is 52.9 Å². The first-order chi connectivity index (χ1) is 13.4. The molecule has 3 unspecified atom stereocenters. The lowest BCUT2D eigenvalue weighted by Gasteiger charge is -2.36. The Labute approximate surface area is 172 Å². The number of amides is 3. The van der Waals surface area contributed by atoms with E-state index in [9.17, 15) is 14.4 Å². The third kappa shape index (κ3) is 3.24. The number of fused-ring (bicyclic) bond motifs is 1. The number of carbonyl (C=O) groups is 3. The highest BCUT2D eigenvalue weighted by molar-refractivity contribution is 5.99. The zero-order valence-electron chi connectivity index (χ0n) is 18.4. The molecule has 3 N–H and O–H groups in total. The smallest absolute Gasteiger partial charge is 0.246 e. The van der Waals surface area contributed by atoms with E-state index < -0.39 is 34.6 Å². The molecule has 8 nitrogen and oxygen atoms in total. The normalized spacial score (nSPS) is 38.3. The molecule has 0 aromatic carbocycles. The number of nitrogens with one attached hydrogen (secondary N) is 2. The number of ether oxygens (including phenoxy) is 1. The molecule has 8 heteroatoms. The van der Waals surface area contributed by atoms with Crippen LogP contribution in [0.2, 0.25) is 0 Å². The van der Waals surface area contributed by atoms with E-state index in [4.69, 9.17) is 9.84 Å². The van der Waals surface area contributed by atoms with Gasteiger partial charge in [-0.15, -0.1) is 0 Å². The van der Waals surface area contributed by atoms with E-state index in [1.807, 2.05) is 34.6 Å². The number of carbonyl (C=O) groups excluding carboxylic acids is 3. The lowest BCUT2D eigenvalue weighted by molar-refractivity contribution is -0.148. The van der Waals surface area contributed by atoms with E-state index in [2.05, 4.69) is 10.6 Å². The number of aliphatic hydroxyl groups is 1. The summed E-state index contributed by atoms with van der Waals surface area (Å²) in [6.07, 6.45) is 1.69. The second kappa shape index (κ2) is 7.23. The molecule has 0 aromatic heterocycles. The SMILES string of the molecule is CNC(=O)[C@H]1[C@H]2C(=O)N(CCCCO)C(C(=O)NC(C)(C)C)C23CC(C)[C@]1(C)O3. The number of aliphatic hydroxyl groups excluding tert-OH is 1. The van der Waals surface area contributed by atoms with Crippen LogP contribution in [0.1, 0.15) is 53.9 Å². The third-order valence-corrected chi connectivity index (χ3v) is 6.90. The average molecular weight is 410 g/mol. The summed E-state index contributed by atoms with van der Waals surface area (Å²) in [7, 11) is 1.57. The van der Waals surface area contributed by atoms with Gasteiger partial charge < -0.3 is 25.4 Å². The van der Waals surface area contributed by atoms with Gasteiger partial charge in [0.25, 0.3) is 0 Å². The Morgan fingerprint density at radius 3 is 2.48 bits per heavy atom. The fraction of sp³-hybridized carbons (Fsp3) is 0.857. The van der Waals surface area contributed by atoms with E-state index >= 15 is 0 Å². The topological polar surface area (TPSA) is 108 Å². The predicted octanol–water partition coefficient (Wildman–Crippen LogP) is 0.430. The summed E-state index contributed by atoms with van der Waals surface area (Å²) in [5.41, 5.74) is -2.24. The van der Waals surface area contributed by atoms with Crippen LogP contribution < -0.4 is 10.6 Å². The third-order valence-electron chi connectivity index (χ3n) is 6.90. The second-order valence-corrected chi connectivity index (χ2v) is 10.0. The molecule has 2 bridgehead atoms. The molecule has 0 aliphatic carbocycles. The first-order valence-electron chi connectivity index (χ1n) is 10.6. The quantitative estimate of drug-likeness (QED) is 0.552. The van der Waals surface area contributed by atoms with Crippen molar-refractivity contribution in [2.24, 2.45) is 17.8 Å². The van der Waals surface area contributed by atoms with Crippen molar-refractivity contribution in [1.82, 2.24) is 15.5 Å². The summed E-state index contributed by atoms with van der Waals surface area (Å²) in [5.74, 6) is -1.92. The number of likely N-dealkylation sites (tertiary alicyclic amines) is 1. The largest absolute Gasteiger partial charge is 0.396 e. The standard InChI is InChI=1S/C21H35N3O5/c1-12-11-21-14(13(16(26)22-6)20(12,5)29-21)18(28)24(9-7-8-10-25)15(21)17(27)23-19(2,3)4/h12-15,25H,7-11H2,1-6H3,(H,22,26)(H,23,27)/t12?,13-,14+,15?,20+,21?/m1/s1. The van der Waals surface area contributed by atoms with Gasteiger partial charge in [0.2, 0.25) is 17.7 Å². The minimum atomic E-state index is -1.00. The Bertz CT molecular complexity index is 705. The summed E-state index contributed by atoms with van der Waals surface area (Å²) in [4.78, 5) is 41.4. The minimum Gasteiger partial charge on any atom is -0.396 e. The van der Waals surface area contributed by atoms with Gasteiger partial charge in [-0.3, -0.25) is 14.4 Å². The summed E-state index contributed by atoms with van der Waals surface area (Å²) in [5, 5.41) is 14.9. The Kier molecular flexibility index (Phi) is 5.49. The molecule has 1 spiro atoms. The van der Waals surface area contributed by atoms with Gasteiger partial charge in [-0.1, -0.05) is 6.92 Å². The van der Waals surface area contributed by atoms with E-state index in [1.165, 1.54) is 0 Å². The first-order valence-corrected chi connectivity index (χ1v) is 10.6. The molecule has 0 radical (unpaired) electrons. The Morgan fingerprint density at radius 1 is 1.28 bits per heavy atom. The van der Waals surface area contributed by atoms with Gasteiger partial charge >= 0.3 is 0 Å². The highest BCUT2D eigenvalue weighted by atomic mass is 16.5. The maximum atomic E-state index is 13.5. The van der Waals surface area contributed by atoms with Crippen molar-refractivity contribution >= 4 is 17.7 Å². The van der Waals surface area contributed by atoms with Crippen LogP contribution in [0.15, 0.2) is 0 Å². The zero-order chi connectivity index (χ0) is 21.8.